The summed E-state index contributed by atoms with van der Waals surface area (Å²) in [5.41, 5.74) is 4.18. The van der Waals surface area contributed by atoms with Crippen LogP contribution in [0.15, 0.2) is 72.8 Å². The molecule has 0 amide bonds. The summed E-state index contributed by atoms with van der Waals surface area (Å²) in [5, 5.41) is 9.37. The van der Waals surface area contributed by atoms with Gasteiger partial charge in [-0.15, -0.1) is 0 Å². The summed E-state index contributed by atoms with van der Waals surface area (Å²) in [7, 11) is 1.73. The second kappa shape index (κ2) is 12.6. The Bertz CT molecular complexity index is 1800. The highest BCUT2D eigenvalue weighted by atomic mass is 19.1. The molecule has 1 aromatic heterocycles. The molecule has 4 aromatic carbocycles. The summed E-state index contributed by atoms with van der Waals surface area (Å²) in [4.78, 5) is 20.9. The van der Waals surface area contributed by atoms with E-state index in [-0.39, 0.29) is 33.9 Å². The number of piperidine rings is 1. The lowest BCUT2D eigenvalue weighted by Gasteiger charge is -2.32. The van der Waals surface area contributed by atoms with Crippen LogP contribution in [0.4, 0.5) is 8.78 Å². The highest BCUT2D eigenvalue weighted by Crippen LogP contribution is 2.35. The molecule has 1 saturated heterocycles. The summed E-state index contributed by atoms with van der Waals surface area (Å²) < 4.78 is 41.8. The lowest BCUT2D eigenvalue weighted by Crippen LogP contribution is -2.36. The highest BCUT2D eigenvalue weighted by molar-refractivity contribution is 5.90. The maximum atomic E-state index is 15.7. The molecule has 0 radical (unpaired) electrons. The van der Waals surface area contributed by atoms with Gasteiger partial charge in [-0.2, -0.15) is 4.98 Å². The number of aryl methyl sites for hydroxylation is 1. The van der Waals surface area contributed by atoms with E-state index in [1.165, 1.54) is 30.5 Å². The number of H-pyrrole nitrogens is 1. The predicted molar refractivity (Wildman–Crippen MR) is 165 cm³/mol. The first-order valence-electron chi connectivity index (χ1n) is 14.6. The Morgan fingerprint density at radius 1 is 1.02 bits per heavy atom. The Morgan fingerprint density at radius 3 is 2.43 bits per heavy atom. The first kappa shape index (κ1) is 29.5. The van der Waals surface area contributed by atoms with E-state index in [0.717, 1.165) is 37.4 Å². The summed E-state index contributed by atoms with van der Waals surface area (Å²) in [6.07, 6.45) is 2.34. The van der Waals surface area contributed by atoms with Gasteiger partial charge in [0.25, 0.3) is 6.01 Å². The third kappa shape index (κ3) is 6.06. The number of fused-ring (bicyclic) bond motifs is 1. The Hall–Kier alpha value is -4.60. The van der Waals surface area contributed by atoms with E-state index in [0.29, 0.717) is 17.0 Å². The van der Waals surface area contributed by atoms with Gasteiger partial charge in [0.05, 0.1) is 23.3 Å². The number of aromatic nitrogens is 2. The molecule has 1 unspecified atom stereocenters. The second-order valence-corrected chi connectivity index (χ2v) is 11.2. The van der Waals surface area contributed by atoms with Gasteiger partial charge in [0, 0.05) is 26.3 Å². The van der Waals surface area contributed by atoms with Crippen molar-refractivity contribution >= 4 is 17.0 Å². The van der Waals surface area contributed by atoms with Crippen LogP contribution in [0, 0.1) is 18.6 Å². The van der Waals surface area contributed by atoms with Crippen molar-refractivity contribution in [2.75, 3.05) is 33.4 Å². The van der Waals surface area contributed by atoms with E-state index in [4.69, 9.17) is 9.47 Å². The number of rotatable bonds is 9. The van der Waals surface area contributed by atoms with Gasteiger partial charge in [-0.25, -0.2) is 13.6 Å². The zero-order valence-corrected chi connectivity index (χ0v) is 24.6. The van der Waals surface area contributed by atoms with Crippen molar-refractivity contribution in [1.82, 2.24) is 14.9 Å². The van der Waals surface area contributed by atoms with Crippen LogP contribution in [0.3, 0.4) is 0 Å². The molecule has 1 aliphatic rings. The average molecular weight is 598 g/mol. The smallest absolute Gasteiger partial charge is 0.336 e. The standard InChI is InChI=1S/C35H33F2N3O4/c1-21-5-14-27(18-28(21)34(41)42)44-35-38-30-19-29(36)31(32(37)33(30)39-35)25-12-10-23(11-13-25)22-6-8-24(9-7-22)26-4-3-15-40(20-26)16-17-43-2/h5-14,18-19,26H,3-4,15-17,20H2,1-2H3,(H,38,39)(H,41,42). The van der Waals surface area contributed by atoms with Crippen molar-refractivity contribution in [1.29, 1.82) is 0 Å². The number of carboxylic acids is 1. The zero-order valence-electron chi connectivity index (χ0n) is 24.6. The van der Waals surface area contributed by atoms with Crippen LogP contribution in [0.2, 0.25) is 0 Å². The second-order valence-electron chi connectivity index (χ2n) is 11.2. The summed E-state index contributed by atoms with van der Waals surface area (Å²) in [5.74, 6) is -1.95. The molecule has 7 nitrogen and oxygen atoms in total. The number of methoxy groups -OCH3 is 1. The fraction of sp³-hybridized carbons (Fsp3) is 0.257. The Morgan fingerprint density at radius 2 is 1.73 bits per heavy atom. The molecule has 0 spiro atoms. The van der Waals surface area contributed by atoms with E-state index in [9.17, 15) is 9.90 Å². The molecular formula is C35H33F2N3O4. The van der Waals surface area contributed by atoms with Crippen LogP contribution in [0.1, 0.15) is 40.2 Å². The van der Waals surface area contributed by atoms with E-state index >= 15 is 8.78 Å². The van der Waals surface area contributed by atoms with E-state index in [1.54, 1.807) is 38.3 Å². The van der Waals surface area contributed by atoms with Gasteiger partial charge in [-0.05, 0) is 72.2 Å². The van der Waals surface area contributed by atoms with Gasteiger partial charge in [0.1, 0.15) is 17.1 Å². The molecule has 44 heavy (non-hydrogen) atoms. The number of aromatic carboxylic acids is 1. The molecule has 1 fully saturated rings. The van der Waals surface area contributed by atoms with Crippen molar-refractivity contribution in [3.05, 3.63) is 101 Å². The van der Waals surface area contributed by atoms with Crippen LogP contribution >= 0.6 is 0 Å². The van der Waals surface area contributed by atoms with Gasteiger partial charge in [-0.1, -0.05) is 54.6 Å². The number of ether oxygens (including phenoxy) is 2. The lowest BCUT2D eigenvalue weighted by molar-refractivity contribution is 0.0695. The largest absolute Gasteiger partial charge is 0.478 e. The van der Waals surface area contributed by atoms with Gasteiger partial charge in [-0.3, -0.25) is 0 Å². The van der Waals surface area contributed by atoms with E-state index in [1.807, 2.05) is 12.1 Å². The number of imidazole rings is 1. The van der Waals surface area contributed by atoms with Crippen LogP contribution in [-0.2, 0) is 4.74 Å². The monoisotopic (exact) mass is 597 g/mol. The molecule has 6 rings (SSSR count). The number of aromatic amines is 1. The maximum Gasteiger partial charge on any atom is 0.336 e. The molecule has 0 saturated carbocycles. The number of carbonyl (C=O) groups is 1. The van der Waals surface area contributed by atoms with Crippen molar-refractivity contribution in [2.45, 2.75) is 25.7 Å². The van der Waals surface area contributed by atoms with Crippen LogP contribution in [-0.4, -0.2) is 59.3 Å². The molecule has 0 bridgehead atoms. The first-order chi connectivity index (χ1) is 21.3. The average Bonchev–Trinajstić information content (AvgIpc) is 3.44. The Labute approximate surface area is 254 Å². The molecule has 0 aliphatic carbocycles. The number of carboxylic acid groups (broad SMARTS) is 1. The highest BCUT2D eigenvalue weighted by Gasteiger charge is 2.22. The van der Waals surface area contributed by atoms with E-state index in [2.05, 4.69) is 39.1 Å². The van der Waals surface area contributed by atoms with Crippen molar-refractivity contribution < 1.29 is 28.2 Å². The summed E-state index contributed by atoms with van der Waals surface area (Å²) in [6, 6.07) is 21.3. The molecule has 1 aliphatic heterocycles. The molecule has 226 valence electrons. The molecule has 9 heteroatoms. The van der Waals surface area contributed by atoms with Crippen molar-refractivity contribution in [3.63, 3.8) is 0 Å². The SMILES string of the molecule is COCCN1CCCC(c2ccc(-c3ccc(-c4c(F)cc5[nH]c(Oc6ccc(C)c(C(=O)O)c6)nc5c4F)cc3)cc2)C1. The van der Waals surface area contributed by atoms with Crippen molar-refractivity contribution in [3.8, 4) is 34.0 Å². The molecular weight excluding hydrogens is 564 g/mol. The minimum Gasteiger partial charge on any atom is -0.478 e. The Balaban J connectivity index is 1.20. The molecule has 1 atom stereocenters. The minimum absolute atomic E-state index is 0.0757. The van der Waals surface area contributed by atoms with Crippen LogP contribution < -0.4 is 4.74 Å². The number of nitrogens with one attached hydrogen (secondary N) is 1. The third-order valence-electron chi connectivity index (χ3n) is 8.31. The zero-order chi connectivity index (χ0) is 30.8. The normalized spacial score (nSPS) is 15.5. The van der Waals surface area contributed by atoms with Gasteiger partial charge >= 0.3 is 5.97 Å². The fourth-order valence-electron chi connectivity index (χ4n) is 5.91. The maximum absolute atomic E-state index is 15.7. The Kier molecular flexibility index (Phi) is 8.41. The quantitative estimate of drug-likeness (QED) is 0.180. The molecule has 2 N–H and O–H groups in total. The van der Waals surface area contributed by atoms with E-state index < -0.39 is 17.6 Å². The fourth-order valence-corrected chi connectivity index (χ4v) is 5.91. The van der Waals surface area contributed by atoms with Gasteiger partial charge in [0.15, 0.2) is 5.82 Å². The summed E-state index contributed by atoms with van der Waals surface area (Å²) in [6.45, 7) is 5.50. The topological polar surface area (TPSA) is 87.7 Å². The number of nitrogens with zero attached hydrogens (tertiary/aromatic N) is 2. The van der Waals surface area contributed by atoms with Crippen LogP contribution in [0.25, 0.3) is 33.3 Å². The third-order valence-corrected chi connectivity index (χ3v) is 8.31. The van der Waals surface area contributed by atoms with Gasteiger partial charge in [0.2, 0.25) is 0 Å². The predicted octanol–water partition coefficient (Wildman–Crippen LogP) is 7.80. The number of hydrogen-bond donors (Lipinski definition) is 2. The summed E-state index contributed by atoms with van der Waals surface area (Å²) >= 11 is 0. The lowest BCUT2D eigenvalue weighted by atomic mass is 9.89. The van der Waals surface area contributed by atoms with Gasteiger partial charge < -0.3 is 24.5 Å². The minimum atomic E-state index is -1.09. The molecule has 5 aromatic rings. The van der Waals surface area contributed by atoms with Crippen LogP contribution in [0.5, 0.6) is 11.8 Å². The molecule has 2 heterocycles. The number of likely N-dealkylation sites (tertiary alicyclic amines) is 1. The first-order valence-corrected chi connectivity index (χ1v) is 14.6. The van der Waals surface area contributed by atoms with Crippen molar-refractivity contribution in [2.24, 2.45) is 0 Å². The number of halogens is 2. The number of hydrogen-bond acceptors (Lipinski definition) is 5. The number of benzene rings is 4.